The zero-order valence-electron chi connectivity index (χ0n) is 30.5. The minimum Gasteiger partial charge on any atom is -0.333 e. The molecule has 0 radical (unpaired) electrons. The number of benzene rings is 6. The Labute approximate surface area is 319 Å². The van der Waals surface area contributed by atoms with E-state index in [-0.39, 0.29) is 6.04 Å². The highest BCUT2D eigenvalue weighted by molar-refractivity contribution is 5.95. The zero-order valence-corrected chi connectivity index (χ0v) is 30.5. The smallest absolute Gasteiger partial charge is 0.0560 e. The zero-order chi connectivity index (χ0) is 36.3. The molecule has 1 atom stereocenters. The first-order valence-electron chi connectivity index (χ1n) is 19.2. The van der Waals surface area contributed by atoms with Gasteiger partial charge in [0.25, 0.3) is 0 Å². The van der Waals surface area contributed by atoms with Gasteiger partial charge in [0.1, 0.15) is 0 Å². The van der Waals surface area contributed by atoms with Crippen molar-refractivity contribution in [2.45, 2.75) is 31.7 Å². The van der Waals surface area contributed by atoms with Gasteiger partial charge < -0.3 is 4.90 Å². The molecule has 0 heterocycles. The Morgan fingerprint density at radius 1 is 0.463 bits per heavy atom. The molecule has 0 saturated carbocycles. The van der Waals surface area contributed by atoms with E-state index in [1.54, 1.807) is 0 Å². The van der Waals surface area contributed by atoms with Crippen LogP contribution in [-0.4, -0.2) is 6.04 Å². The number of para-hydroxylation sites is 2. The molecular weight excluding hydrogens is 651 g/mol. The van der Waals surface area contributed by atoms with E-state index >= 15 is 0 Å². The van der Waals surface area contributed by atoms with Crippen molar-refractivity contribution < 1.29 is 0 Å². The molecule has 6 aromatic carbocycles. The van der Waals surface area contributed by atoms with Gasteiger partial charge in [0.2, 0.25) is 0 Å². The summed E-state index contributed by atoms with van der Waals surface area (Å²) in [6.45, 7) is 4.19. The minimum atomic E-state index is 0.108. The molecule has 0 bridgehead atoms. The predicted octanol–water partition coefficient (Wildman–Crippen LogP) is 14.4. The fourth-order valence-electron chi connectivity index (χ4n) is 8.16. The molecule has 0 spiro atoms. The number of hydrogen-bond acceptors (Lipinski definition) is 1. The van der Waals surface area contributed by atoms with Crippen LogP contribution in [0.5, 0.6) is 0 Å². The van der Waals surface area contributed by atoms with Gasteiger partial charge in [-0.05, 0) is 105 Å². The lowest BCUT2D eigenvalue weighted by molar-refractivity contribution is 0.787. The molecule has 0 aliphatic heterocycles. The van der Waals surface area contributed by atoms with Gasteiger partial charge in [0.15, 0.2) is 0 Å². The van der Waals surface area contributed by atoms with E-state index < -0.39 is 0 Å². The Balaban J connectivity index is 1.12. The lowest BCUT2D eigenvalue weighted by Gasteiger charge is -2.36. The van der Waals surface area contributed by atoms with Crippen molar-refractivity contribution in [3.05, 3.63) is 223 Å². The van der Waals surface area contributed by atoms with Gasteiger partial charge in [-0.25, -0.2) is 0 Å². The lowest BCUT2D eigenvalue weighted by atomic mass is 9.88. The third-order valence-corrected chi connectivity index (χ3v) is 10.9. The summed E-state index contributed by atoms with van der Waals surface area (Å²) >= 11 is 0. The maximum atomic E-state index is 4.19. The first-order valence-corrected chi connectivity index (χ1v) is 19.2. The van der Waals surface area contributed by atoms with E-state index in [1.807, 2.05) is 0 Å². The average Bonchev–Trinajstić information content (AvgIpc) is 3.25. The molecule has 54 heavy (non-hydrogen) atoms. The van der Waals surface area contributed by atoms with Crippen LogP contribution in [0.3, 0.4) is 0 Å². The fourth-order valence-corrected chi connectivity index (χ4v) is 8.16. The third-order valence-electron chi connectivity index (χ3n) is 10.9. The van der Waals surface area contributed by atoms with Gasteiger partial charge in [-0.15, -0.1) is 0 Å². The van der Waals surface area contributed by atoms with Crippen molar-refractivity contribution in [1.29, 1.82) is 0 Å². The van der Waals surface area contributed by atoms with Crippen LogP contribution in [0.2, 0.25) is 0 Å². The second-order valence-corrected chi connectivity index (χ2v) is 14.4. The molecule has 0 fully saturated rings. The highest BCUT2D eigenvalue weighted by Crippen LogP contribution is 2.44. The van der Waals surface area contributed by atoms with E-state index in [0.29, 0.717) is 0 Å². The van der Waals surface area contributed by atoms with Crippen molar-refractivity contribution in [2.24, 2.45) is 0 Å². The molecule has 0 aromatic heterocycles. The van der Waals surface area contributed by atoms with Gasteiger partial charge in [0, 0.05) is 22.5 Å². The first kappa shape index (κ1) is 33.4. The molecule has 260 valence electrons. The van der Waals surface area contributed by atoms with Crippen LogP contribution < -0.4 is 4.90 Å². The fraction of sp³-hybridized carbons (Fsp3) is 0.0943. The topological polar surface area (TPSA) is 3.24 Å². The number of nitrogens with zero attached hydrogens (tertiary/aromatic N) is 1. The van der Waals surface area contributed by atoms with Crippen molar-refractivity contribution in [1.82, 2.24) is 0 Å². The van der Waals surface area contributed by atoms with Crippen molar-refractivity contribution >= 4 is 38.9 Å². The molecule has 1 nitrogen and oxygen atoms in total. The van der Waals surface area contributed by atoms with E-state index in [0.717, 1.165) is 31.3 Å². The molecule has 0 amide bonds. The summed E-state index contributed by atoms with van der Waals surface area (Å²) in [5, 5.41) is 2.53. The van der Waals surface area contributed by atoms with E-state index in [2.05, 4.69) is 206 Å². The Hall–Kier alpha value is -6.44. The Morgan fingerprint density at radius 2 is 1.15 bits per heavy atom. The van der Waals surface area contributed by atoms with Crippen molar-refractivity contribution in [3.63, 3.8) is 0 Å². The quantitative estimate of drug-likeness (QED) is 0.153. The summed E-state index contributed by atoms with van der Waals surface area (Å²) in [6.07, 6.45) is 24.8. The van der Waals surface area contributed by atoms with Crippen LogP contribution in [0.25, 0.3) is 49.7 Å². The van der Waals surface area contributed by atoms with Gasteiger partial charge in [-0.2, -0.15) is 0 Å². The maximum absolute atomic E-state index is 4.19. The third kappa shape index (κ3) is 6.66. The van der Waals surface area contributed by atoms with Gasteiger partial charge in [-0.3, -0.25) is 0 Å². The monoisotopic (exact) mass is 693 g/mol. The molecule has 0 N–H and O–H groups in total. The summed E-state index contributed by atoms with van der Waals surface area (Å²) < 4.78 is 0. The summed E-state index contributed by atoms with van der Waals surface area (Å²) in [5.74, 6) is 0. The SMILES string of the molecule is C=C1C=CC(c2ccccc2-c2ccccc2N(c2ccccc2C2=CCCC=C2)C2C=CC(c3cccc(-c4ccc5ccccc5c4)c3)=CC2)=CC1. The Kier molecular flexibility index (Phi) is 9.21. The number of hydrogen-bond donors (Lipinski definition) is 0. The number of allylic oxidation sites excluding steroid dienone is 11. The second kappa shape index (κ2) is 14.9. The summed E-state index contributed by atoms with van der Waals surface area (Å²) in [6, 6.07) is 51.2. The number of rotatable bonds is 8. The second-order valence-electron chi connectivity index (χ2n) is 14.4. The average molecular weight is 694 g/mol. The first-order chi connectivity index (χ1) is 26.7. The van der Waals surface area contributed by atoms with Crippen LogP contribution in [-0.2, 0) is 0 Å². The van der Waals surface area contributed by atoms with Gasteiger partial charge in [0.05, 0.1) is 6.04 Å². The van der Waals surface area contributed by atoms with Crippen LogP contribution in [0.1, 0.15) is 42.4 Å². The summed E-state index contributed by atoms with van der Waals surface area (Å²) in [7, 11) is 0. The molecule has 3 aliphatic rings. The summed E-state index contributed by atoms with van der Waals surface area (Å²) in [4.78, 5) is 2.59. The predicted molar refractivity (Wildman–Crippen MR) is 233 cm³/mol. The van der Waals surface area contributed by atoms with Gasteiger partial charge >= 0.3 is 0 Å². The number of fused-ring (bicyclic) bond motifs is 1. The van der Waals surface area contributed by atoms with Crippen molar-refractivity contribution in [3.8, 4) is 22.3 Å². The van der Waals surface area contributed by atoms with Crippen LogP contribution >= 0.6 is 0 Å². The Morgan fingerprint density at radius 3 is 1.91 bits per heavy atom. The largest absolute Gasteiger partial charge is 0.333 e. The molecule has 9 rings (SSSR count). The lowest BCUT2D eigenvalue weighted by Crippen LogP contribution is -2.31. The molecule has 1 heteroatoms. The van der Waals surface area contributed by atoms with Crippen molar-refractivity contribution in [2.75, 3.05) is 4.90 Å². The highest BCUT2D eigenvalue weighted by Gasteiger charge is 2.26. The highest BCUT2D eigenvalue weighted by atomic mass is 15.2. The molecular formula is C53H43N. The van der Waals surface area contributed by atoms with E-state index in [4.69, 9.17) is 0 Å². The summed E-state index contributed by atoms with van der Waals surface area (Å²) in [5.41, 5.74) is 16.0. The van der Waals surface area contributed by atoms with E-state index in [9.17, 15) is 0 Å². The standard InChI is InChI=1S/C53H43N/c1-38-26-28-42(29-27-38)48-20-7-8-22-50(48)51-23-10-12-25-53(51)54(52-24-11-9-21-49(52)41-15-3-2-4-16-41)47-34-32-40(33-35-47)44-18-13-19-45(36-44)46-31-30-39-14-5-6-17-43(39)37-46/h3,5-26,28-34,36-37,47H,1-2,4,27,35H2. The molecule has 1 unspecified atom stereocenters. The Bertz CT molecular complexity index is 2580. The minimum absolute atomic E-state index is 0.108. The molecule has 3 aliphatic carbocycles. The van der Waals surface area contributed by atoms with Crippen LogP contribution in [0.4, 0.5) is 11.4 Å². The van der Waals surface area contributed by atoms with Crippen LogP contribution in [0, 0.1) is 0 Å². The van der Waals surface area contributed by atoms with Crippen LogP contribution in [0.15, 0.2) is 206 Å². The normalized spacial score (nSPS) is 16.6. The van der Waals surface area contributed by atoms with Gasteiger partial charge in [-0.1, -0.05) is 182 Å². The maximum Gasteiger partial charge on any atom is 0.0560 e. The number of anilines is 2. The molecule has 6 aromatic rings. The van der Waals surface area contributed by atoms with E-state index in [1.165, 1.54) is 77.8 Å². The molecule has 0 saturated heterocycles.